The minimum Gasteiger partial charge on any atom is -0.508 e. The third kappa shape index (κ3) is 3.76. The summed E-state index contributed by atoms with van der Waals surface area (Å²) in [5, 5.41) is 20.3. The SMILES string of the molecule is COC(CNC(=O)c1cccc(O)c1)C(=O)O. The summed E-state index contributed by atoms with van der Waals surface area (Å²) in [6.07, 6.45) is -1.09. The van der Waals surface area contributed by atoms with Crippen LogP contribution in [0.2, 0.25) is 0 Å². The van der Waals surface area contributed by atoms with Crippen LogP contribution in [0.1, 0.15) is 10.4 Å². The fourth-order valence-corrected chi connectivity index (χ4v) is 1.21. The Kier molecular flexibility index (Phi) is 4.47. The fourth-order valence-electron chi connectivity index (χ4n) is 1.21. The highest BCUT2D eigenvalue weighted by Crippen LogP contribution is 2.10. The van der Waals surface area contributed by atoms with Crippen LogP contribution in [0.15, 0.2) is 24.3 Å². The van der Waals surface area contributed by atoms with Gasteiger partial charge in [0.05, 0.1) is 6.54 Å². The van der Waals surface area contributed by atoms with Gasteiger partial charge in [0.25, 0.3) is 5.91 Å². The zero-order valence-electron chi connectivity index (χ0n) is 9.21. The smallest absolute Gasteiger partial charge is 0.334 e. The highest BCUT2D eigenvalue weighted by atomic mass is 16.5. The summed E-state index contributed by atoms with van der Waals surface area (Å²) in [7, 11) is 1.25. The molecule has 1 aromatic carbocycles. The molecule has 1 unspecified atom stereocenters. The molecule has 0 saturated heterocycles. The second-order valence-electron chi connectivity index (χ2n) is 3.32. The lowest BCUT2D eigenvalue weighted by Crippen LogP contribution is -2.37. The summed E-state index contributed by atoms with van der Waals surface area (Å²) < 4.78 is 4.66. The zero-order valence-corrected chi connectivity index (χ0v) is 9.21. The Morgan fingerprint density at radius 3 is 2.71 bits per heavy atom. The van der Waals surface area contributed by atoms with Gasteiger partial charge in [-0.25, -0.2) is 4.79 Å². The van der Waals surface area contributed by atoms with Crippen molar-refractivity contribution in [2.75, 3.05) is 13.7 Å². The van der Waals surface area contributed by atoms with Crippen LogP contribution in [0.25, 0.3) is 0 Å². The van der Waals surface area contributed by atoms with Gasteiger partial charge in [-0.05, 0) is 18.2 Å². The largest absolute Gasteiger partial charge is 0.508 e. The summed E-state index contributed by atoms with van der Waals surface area (Å²) >= 11 is 0. The lowest BCUT2D eigenvalue weighted by molar-refractivity contribution is -0.148. The van der Waals surface area contributed by atoms with Gasteiger partial charge in [-0.3, -0.25) is 4.79 Å². The average Bonchev–Trinajstić information content (AvgIpc) is 2.29. The van der Waals surface area contributed by atoms with E-state index in [2.05, 4.69) is 10.1 Å². The molecule has 0 aliphatic heterocycles. The van der Waals surface area contributed by atoms with Gasteiger partial charge in [0.1, 0.15) is 5.75 Å². The summed E-state index contributed by atoms with van der Waals surface area (Å²) in [5.74, 6) is -1.65. The van der Waals surface area contributed by atoms with Gasteiger partial charge < -0.3 is 20.3 Å². The van der Waals surface area contributed by atoms with E-state index in [-0.39, 0.29) is 17.9 Å². The number of rotatable bonds is 5. The van der Waals surface area contributed by atoms with Gasteiger partial charge in [-0.2, -0.15) is 0 Å². The van der Waals surface area contributed by atoms with Gasteiger partial charge in [0.2, 0.25) is 0 Å². The van der Waals surface area contributed by atoms with Crippen molar-refractivity contribution in [3.63, 3.8) is 0 Å². The Hall–Kier alpha value is -2.08. The maximum absolute atomic E-state index is 11.6. The molecule has 0 aromatic heterocycles. The number of hydrogen-bond acceptors (Lipinski definition) is 4. The van der Waals surface area contributed by atoms with Crippen molar-refractivity contribution in [1.29, 1.82) is 0 Å². The molecule has 0 radical (unpaired) electrons. The number of ether oxygens (including phenoxy) is 1. The second kappa shape index (κ2) is 5.86. The third-order valence-corrected chi connectivity index (χ3v) is 2.12. The number of hydrogen-bond donors (Lipinski definition) is 3. The molecule has 3 N–H and O–H groups in total. The van der Waals surface area contributed by atoms with Crippen LogP contribution in [0.4, 0.5) is 0 Å². The number of phenols is 1. The predicted octanol–water partition coefficient (Wildman–Crippen LogP) is 0.222. The average molecular weight is 239 g/mol. The van der Waals surface area contributed by atoms with E-state index in [1.165, 1.54) is 31.4 Å². The van der Waals surface area contributed by atoms with E-state index >= 15 is 0 Å². The van der Waals surface area contributed by atoms with Crippen molar-refractivity contribution in [3.05, 3.63) is 29.8 Å². The molecule has 0 aliphatic carbocycles. The molecule has 0 spiro atoms. The maximum atomic E-state index is 11.6. The maximum Gasteiger partial charge on any atom is 0.334 e. The van der Waals surface area contributed by atoms with E-state index in [9.17, 15) is 14.7 Å². The van der Waals surface area contributed by atoms with E-state index in [0.29, 0.717) is 0 Å². The predicted molar refractivity (Wildman–Crippen MR) is 58.9 cm³/mol. The number of carboxylic acids is 1. The lowest BCUT2D eigenvalue weighted by atomic mass is 10.2. The Balaban J connectivity index is 2.58. The second-order valence-corrected chi connectivity index (χ2v) is 3.32. The topological polar surface area (TPSA) is 95.9 Å². The summed E-state index contributed by atoms with van der Waals surface area (Å²) in [5.41, 5.74) is 0.255. The van der Waals surface area contributed by atoms with Gasteiger partial charge in [-0.1, -0.05) is 6.07 Å². The molecule has 1 aromatic rings. The van der Waals surface area contributed by atoms with Crippen molar-refractivity contribution in [2.45, 2.75) is 6.10 Å². The molecule has 0 aliphatic rings. The van der Waals surface area contributed by atoms with Crippen LogP contribution >= 0.6 is 0 Å². The lowest BCUT2D eigenvalue weighted by Gasteiger charge is -2.11. The number of benzene rings is 1. The molecule has 6 heteroatoms. The van der Waals surface area contributed by atoms with Crippen LogP contribution in [0.5, 0.6) is 5.75 Å². The number of carbonyl (C=O) groups is 2. The molecule has 0 fully saturated rings. The molecule has 0 bridgehead atoms. The van der Waals surface area contributed by atoms with Gasteiger partial charge >= 0.3 is 5.97 Å². The van der Waals surface area contributed by atoms with Crippen LogP contribution in [0.3, 0.4) is 0 Å². The molecule has 1 rings (SSSR count). The summed E-state index contributed by atoms with van der Waals surface area (Å²) in [6.45, 7) is -0.139. The van der Waals surface area contributed by atoms with Crippen molar-refractivity contribution in [2.24, 2.45) is 0 Å². The number of aromatic hydroxyl groups is 1. The highest BCUT2D eigenvalue weighted by molar-refractivity contribution is 5.94. The molecule has 0 saturated carbocycles. The van der Waals surface area contributed by atoms with Gasteiger partial charge in [0, 0.05) is 12.7 Å². The van der Waals surface area contributed by atoms with Crippen molar-refractivity contribution in [1.82, 2.24) is 5.32 Å². The molecule has 1 atom stereocenters. The minimum absolute atomic E-state index is 0.0285. The first-order chi connectivity index (χ1) is 8.04. The Labute approximate surface area is 97.8 Å². The van der Waals surface area contributed by atoms with E-state index in [1.54, 1.807) is 0 Å². The normalized spacial score (nSPS) is 11.8. The van der Waals surface area contributed by atoms with Gasteiger partial charge in [-0.15, -0.1) is 0 Å². The third-order valence-electron chi connectivity index (χ3n) is 2.12. The molecular formula is C11H13NO5. The van der Waals surface area contributed by atoms with Crippen molar-refractivity contribution < 1.29 is 24.5 Å². The van der Waals surface area contributed by atoms with Crippen LogP contribution in [-0.2, 0) is 9.53 Å². The van der Waals surface area contributed by atoms with Crippen molar-refractivity contribution in [3.8, 4) is 5.75 Å². The van der Waals surface area contributed by atoms with E-state index < -0.39 is 18.0 Å². The number of aliphatic carboxylic acids is 1. The van der Waals surface area contributed by atoms with Gasteiger partial charge in [0.15, 0.2) is 6.10 Å². The number of methoxy groups -OCH3 is 1. The first-order valence-corrected chi connectivity index (χ1v) is 4.87. The monoisotopic (exact) mass is 239 g/mol. The number of carboxylic acid groups (broad SMARTS) is 1. The minimum atomic E-state index is -1.15. The van der Waals surface area contributed by atoms with Crippen LogP contribution in [-0.4, -0.2) is 41.8 Å². The first-order valence-electron chi connectivity index (χ1n) is 4.87. The zero-order chi connectivity index (χ0) is 12.8. The first kappa shape index (κ1) is 13.0. The van der Waals surface area contributed by atoms with Crippen LogP contribution in [0, 0.1) is 0 Å². The molecule has 6 nitrogen and oxygen atoms in total. The number of phenolic OH excluding ortho intramolecular Hbond substituents is 1. The highest BCUT2D eigenvalue weighted by Gasteiger charge is 2.17. The number of nitrogens with one attached hydrogen (secondary N) is 1. The van der Waals surface area contributed by atoms with Crippen molar-refractivity contribution >= 4 is 11.9 Å². The fraction of sp³-hybridized carbons (Fsp3) is 0.273. The molecule has 0 heterocycles. The molecular weight excluding hydrogens is 226 g/mol. The Bertz CT molecular complexity index is 418. The number of amides is 1. The van der Waals surface area contributed by atoms with E-state index in [1.807, 2.05) is 0 Å². The summed E-state index contributed by atoms with van der Waals surface area (Å²) in [6, 6.07) is 5.76. The van der Waals surface area contributed by atoms with Crippen LogP contribution < -0.4 is 5.32 Å². The molecule has 1 amide bonds. The Morgan fingerprint density at radius 1 is 1.47 bits per heavy atom. The Morgan fingerprint density at radius 2 is 2.18 bits per heavy atom. The molecule has 17 heavy (non-hydrogen) atoms. The van der Waals surface area contributed by atoms with E-state index in [0.717, 1.165) is 0 Å². The molecule has 92 valence electrons. The standard InChI is InChI=1S/C11H13NO5/c1-17-9(11(15)16)6-12-10(14)7-3-2-4-8(13)5-7/h2-5,9,13H,6H2,1H3,(H,12,14)(H,15,16). The number of carbonyl (C=O) groups excluding carboxylic acids is 1. The quantitative estimate of drug-likeness (QED) is 0.683. The summed E-state index contributed by atoms with van der Waals surface area (Å²) in [4.78, 5) is 22.2. The van der Waals surface area contributed by atoms with E-state index in [4.69, 9.17) is 5.11 Å².